The molecule has 8 nitrogen and oxygen atoms in total. The molecule has 0 saturated heterocycles. The first kappa shape index (κ1) is 61.0. The van der Waals surface area contributed by atoms with Crippen molar-refractivity contribution >= 4 is 13.7 Å². The highest BCUT2D eigenvalue weighted by atomic mass is 31.2. The predicted molar refractivity (Wildman–Crippen MR) is 268 cm³/mol. The van der Waals surface area contributed by atoms with Crippen molar-refractivity contribution in [1.82, 2.24) is 5.32 Å². The number of unbranched alkanes of at least 4 members (excludes halogenated alkanes) is 32. The average molecular weight is 898 g/mol. The number of phosphoric acid groups is 1. The summed E-state index contributed by atoms with van der Waals surface area (Å²) in [5.74, 6) is -0.144. The maximum Gasteiger partial charge on any atom is 0.472 e. The largest absolute Gasteiger partial charge is 0.472 e. The van der Waals surface area contributed by atoms with E-state index in [-0.39, 0.29) is 19.1 Å². The van der Waals surface area contributed by atoms with E-state index in [0.717, 1.165) is 44.9 Å². The SMILES string of the molecule is CCCCCCC/C=C\C/C=C\CCCCCCCCCCCCCC(=O)NC(COP(=O)(O)OCC[N+](C)(C)C)C(O)CCCCCCCCCCCCCCCCCCC. The molecule has 3 atom stereocenters. The van der Waals surface area contributed by atoms with Crippen molar-refractivity contribution in [1.29, 1.82) is 0 Å². The number of phosphoric ester groups is 1. The van der Waals surface area contributed by atoms with Crippen LogP contribution in [0.25, 0.3) is 0 Å². The van der Waals surface area contributed by atoms with Crippen molar-refractivity contribution in [2.24, 2.45) is 0 Å². The number of carbonyl (C=O) groups excluding carboxylic acids is 1. The lowest BCUT2D eigenvalue weighted by molar-refractivity contribution is -0.870. The minimum Gasteiger partial charge on any atom is -0.391 e. The second kappa shape index (κ2) is 45.1. The van der Waals surface area contributed by atoms with Crippen molar-refractivity contribution in [3.05, 3.63) is 24.3 Å². The number of carbonyl (C=O) groups is 1. The Hall–Kier alpha value is -1.02. The molecule has 0 aliphatic rings. The molecule has 368 valence electrons. The number of hydrogen-bond acceptors (Lipinski definition) is 5. The maximum atomic E-state index is 13.0. The molecule has 0 heterocycles. The van der Waals surface area contributed by atoms with Crippen molar-refractivity contribution in [2.75, 3.05) is 40.9 Å². The number of aliphatic hydroxyl groups is 1. The maximum absolute atomic E-state index is 13.0. The van der Waals surface area contributed by atoms with Gasteiger partial charge in [-0.05, 0) is 44.9 Å². The van der Waals surface area contributed by atoms with Crippen molar-refractivity contribution in [3.8, 4) is 0 Å². The van der Waals surface area contributed by atoms with Gasteiger partial charge in [0, 0.05) is 6.42 Å². The molecule has 0 aromatic rings. The third-order valence-electron chi connectivity index (χ3n) is 12.2. The van der Waals surface area contributed by atoms with E-state index in [9.17, 15) is 19.4 Å². The van der Waals surface area contributed by atoms with Crippen LogP contribution in [0.3, 0.4) is 0 Å². The van der Waals surface area contributed by atoms with Crippen LogP contribution in [-0.2, 0) is 18.4 Å². The third kappa shape index (κ3) is 47.0. The molecule has 0 aromatic heterocycles. The molecule has 0 saturated carbocycles. The van der Waals surface area contributed by atoms with Gasteiger partial charge in [0.05, 0.1) is 39.9 Å². The van der Waals surface area contributed by atoms with Crippen LogP contribution in [0, 0.1) is 0 Å². The van der Waals surface area contributed by atoms with Crippen LogP contribution in [0.4, 0.5) is 0 Å². The number of nitrogens with one attached hydrogen (secondary N) is 1. The zero-order valence-electron chi connectivity index (χ0n) is 41.9. The highest BCUT2D eigenvalue weighted by molar-refractivity contribution is 7.47. The summed E-state index contributed by atoms with van der Waals surface area (Å²) in [6.45, 7) is 4.90. The molecule has 3 N–H and O–H groups in total. The van der Waals surface area contributed by atoms with Crippen LogP contribution in [0.15, 0.2) is 24.3 Å². The van der Waals surface area contributed by atoms with Gasteiger partial charge < -0.3 is 19.8 Å². The van der Waals surface area contributed by atoms with E-state index in [1.807, 2.05) is 21.1 Å². The Balaban J connectivity index is 4.21. The summed E-state index contributed by atoms with van der Waals surface area (Å²) in [7, 11) is 1.62. The molecular formula is C53H106N2O6P+. The molecular weight excluding hydrogens is 792 g/mol. The van der Waals surface area contributed by atoms with Gasteiger partial charge in [0.25, 0.3) is 0 Å². The van der Waals surface area contributed by atoms with Gasteiger partial charge in [-0.3, -0.25) is 13.8 Å². The summed E-state index contributed by atoms with van der Waals surface area (Å²) in [6.07, 6.45) is 55.0. The summed E-state index contributed by atoms with van der Waals surface area (Å²) < 4.78 is 23.7. The lowest BCUT2D eigenvalue weighted by Crippen LogP contribution is -2.46. The zero-order valence-corrected chi connectivity index (χ0v) is 42.8. The van der Waals surface area contributed by atoms with E-state index in [1.54, 1.807) is 0 Å². The van der Waals surface area contributed by atoms with E-state index >= 15 is 0 Å². The standard InChI is InChI=1S/C53H105N2O6P/c1-6-8-10-12-14-16-18-20-22-24-25-26-27-28-29-31-33-35-37-39-41-43-45-47-53(57)54-51(50-61-62(58,59)60-49-48-55(3,4)5)52(56)46-44-42-40-38-36-34-32-30-23-21-19-17-15-13-11-9-7-2/h18,20,24-25,51-52,56H,6-17,19,21-23,26-50H2,1-5H3,(H-,54,57,58,59)/p+1/b20-18-,25-24-. The van der Waals surface area contributed by atoms with E-state index in [2.05, 4.69) is 43.5 Å². The van der Waals surface area contributed by atoms with Gasteiger partial charge in [0.2, 0.25) is 5.91 Å². The molecule has 62 heavy (non-hydrogen) atoms. The Morgan fingerprint density at radius 1 is 0.548 bits per heavy atom. The Bertz CT molecular complexity index is 1060. The monoisotopic (exact) mass is 898 g/mol. The fraction of sp³-hybridized carbons (Fsp3) is 0.906. The molecule has 1 amide bonds. The Morgan fingerprint density at radius 3 is 1.32 bits per heavy atom. The van der Waals surface area contributed by atoms with Gasteiger partial charge in [0.1, 0.15) is 13.2 Å². The number of quaternary nitrogens is 1. The zero-order chi connectivity index (χ0) is 45.7. The van der Waals surface area contributed by atoms with Gasteiger partial charge in [-0.1, -0.05) is 231 Å². The first-order chi connectivity index (χ1) is 30.0. The molecule has 0 fully saturated rings. The number of aliphatic hydroxyl groups excluding tert-OH is 1. The number of allylic oxidation sites excluding steroid dienone is 4. The molecule has 0 bridgehead atoms. The van der Waals surface area contributed by atoms with Crippen LogP contribution in [-0.4, -0.2) is 73.4 Å². The first-order valence-corrected chi connectivity index (χ1v) is 28.2. The van der Waals surface area contributed by atoms with Gasteiger partial charge in [-0.25, -0.2) is 4.57 Å². The Kier molecular flexibility index (Phi) is 44.4. The van der Waals surface area contributed by atoms with Gasteiger partial charge >= 0.3 is 7.82 Å². The minimum absolute atomic E-state index is 0.0755. The fourth-order valence-electron chi connectivity index (χ4n) is 7.96. The quantitative estimate of drug-likeness (QED) is 0.0243. The lowest BCUT2D eigenvalue weighted by Gasteiger charge is -2.26. The van der Waals surface area contributed by atoms with Crippen molar-refractivity contribution in [2.45, 2.75) is 270 Å². The predicted octanol–water partition coefficient (Wildman–Crippen LogP) is 15.6. The molecule has 0 aromatic carbocycles. The van der Waals surface area contributed by atoms with E-state index in [4.69, 9.17) is 9.05 Å². The summed E-state index contributed by atoms with van der Waals surface area (Å²) in [4.78, 5) is 23.3. The Morgan fingerprint density at radius 2 is 0.919 bits per heavy atom. The molecule has 0 aliphatic heterocycles. The lowest BCUT2D eigenvalue weighted by atomic mass is 10.0. The Labute approximate surface area is 385 Å². The molecule has 0 radical (unpaired) electrons. The second-order valence-electron chi connectivity index (χ2n) is 19.6. The van der Waals surface area contributed by atoms with Crippen LogP contribution >= 0.6 is 7.82 Å². The third-order valence-corrected chi connectivity index (χ3v) is 13.2. The fourth-order valence-corrected chi connectivity index (χ4v) is 8.70. The molecule has 0 aliphatic carbocycles. The summed E-state index contributed by atoms with van der Waals surface area (Å²) in [6, 6.07) is -0.760. The highest BCUT2D eigenvalue weighted by Gasteiger charge is 2.28. The first-order valence-electron chi connectivity index (χ1n) is 26.7. The number of rotatable bonds is 49. The molecule has 3 unspecified atom stereocenters. The second-order valence-corrected chi connectivity index (χ2v) is 21.1. The number of likely N-dealkylation sites (N-methyl/N-ethyl adjacent to an activating group) is 1. The topological polar surface area (TPSA) is 105 Å². The minimum atomic E-state index is -4.32. The van der Waals surface area contributed by atoms with E-state index < -0.39 is 20.0 Å². The van der Waals surface area contributed by atoms with Crippen LogP contribution in [0.5, 0.6) is 0 Å². The highest BCUT2D eigenvalue weighted by Crippen LogP contribution is 2.43. The van der Waals surface area contributed by atoms with Gasteiger partial charge in [0.15, 0.2) is 0 Å². The van der Waals surface area contributed by atoms with Crippen molar-refractivity contribution in [3.63, 3.8) is 0 Å². The van der Waals surface area contributed by atoms with Crippen LogP contribution in [0.2, 0.25) is 0 Å². The smallest absolute Gasteiger partial charge is 0.391 e. The summed E-state index contributed by atoms with van der Waals surface area (Å²) in [5.41, 5.74) is 0. The molecule has 0 spiro atoms. The van der Waals surface area contributed by atoms with Gasteiger partial charge in [-0.15, -0.1) is 0 Å². The van der Waals surface area contributed by atoms with E-state index in [0.29, 0.717) is 23.9 Å². The molecule has 0 rings (SSSR count). The molecule has 9 heteroatoms. The average Bonchev–Trinajstić information content (AvgIpc) is 3.23. The van der Waals surface area contributed by atoms with Crippen LogP contribution < -0.4 is 5.32 Å². The van der Waals surface area contributed by atoms with Crippen LogP contribution in [0.1, 0.15) is 258 Å². The number of hydrogen-bond donors (Lipinski definition) is 3. The number of nitrogens with zero attached hydrogens (tertiary/aromatic N) is 1. The summed E-state index contributed by atoms with van der Waals surface area (Å²) in [5, 5.41) is 14.0. The van der Waals surface area contributed by atoms with E-state index in [1.165, 1.54) is 186 Å². The number of amides is 1. The summed E-state index contributed by atoms with van der Waals surface area (Å²) >= 11 is 0. The normalized spacial score (nSPS) is 14.2. The van der Waals surface area contributed by atoms with Crippen molar-refractivity contribution < 1.29 is 32.9 Å². The van der Waals surface area contributed by atoms with Gasteiger partial charge in [-0.2, -0.15) is 0 Å².